The van der Waals surface area contributed by atoms with Crippen LogP contribution >= 0.6 is 0 Å². The number of nitrogens with zero attached hydrogens (tertiary/aromatic N) is 2. The van der Waals surface area contributed by atoms with E-state index in [0.29, 0.717) is 6.04 Å². The van der Waals surface area contributed by atoms with Crippen molar-refractivity contribution in [3.8, 4) is 0 Å². The van der Waals surface area contributed by atoms with E-state index >= 15 is 0 Å². The van der Waals surface area contributed by atoms with Gasteiger partial charge in [0.05, 0.1) is 12.1 Å². The molecular formula is C22H28N4. The molecule has 4 nitrogen and oxygen atoms in total. The highest BCUT2D eigenvalue weighted by Crippen LogP contribution is 2.30. The largest absolute Gasteiger partial charge is 0.388 e. The highest BCUT2D eigenvalue weighted by atomic mass is 15.6. The van der Waals surface area contributed by atoms with Gasteiger partial charge in [-0.2, -0.15) is 0 Å². The van der Waals surface area contributed by atoms with Gasteiger partial charge in [0.25, 0.3) is 0 Å². The van der Waals surface area contributed by atoms with E-state index in [9.17, 15) is 0 Å². The first-order valence-electron chi connectivity index (χ1n) is 9.44. The van der Waals surface area contributed by atoms with Crippen LogP contribution in [0, 0.1) is 6.92 Å². The summed E-state index contributed by atoms with van der Waals surface area (Å²) in [6.45, 7) is 7.49. The first-order chi connectivity index (χ1) is 12.6. The molecule has 2 aromatic carbocycles. The van der Waals surface area contributed by atoms with Crippen molar-refractivity contribution < 1.29 is 0 Å². The number of hydrazine groups is 1. The molecule has 0 radical (unpaired) electrons. The third-order valence-corrected chi connectivity index (χ3v) is 5.38. The molecule has 26 heavy (non-hydrogen) atoms. The predicted molar refractivity (Wildman–Crippen MR) is 108 cm³/mol. The van der Waals surface area contributed by atoms with Crippen LogP contribution in [0.4, 0.5) is 5.69 Å². The van der Waals surface area contributed by atoms with Gasteiger partial charge in [0.2, 0.25) is 0 Å². The van der Waals surface area contributed by atoms with Crippen LogP contribution in [-0.2, 0) is 6.54 Å². The lowest BCUT2D eigenvalue weighted by molar-refractivity contribution is 0.0887. The number of nitrogens with one attached hydrogen (secondary N) is 2. The second-order valence-corrected chi connectivity index (χ2v) is 7.51. The summed E-state index contributed by atoms with van der Waals surface area (Å²) in [6.07, 6.45) is 2.39. The molecule has 2 aliphatic rings. The molecule has 0 amide bonds. The van der Waals surface area contributed by atoms with Crippen molar-refractivity contribution >= 4 is 5.69 Å². The van der Waals surface area contributed by atoms with Gasteiger partial charge in [-0.1, -0.05) is 42.0 Å². The minimum atomic E-state index is 0.280. The molecule has 0 aromatic heterocycles. The van der Waals surface area contributed by atoms with Crippen molar-refractivity contribution in [1.29, 1.82) is 0 Å². The van der Waals surface area contributed by atoms with E-state index in [1.165, 1.54) is 22.4 Å². The highest BCUT2D eigenvalue weighted by Gasteiger charge is 2.33. The Morgan fingerprint density at radius 3 is 2.50 bits per heavy atom. The van der Waals surface area contributed by atoms with E-state index in [0.717, 1.165) is 25.3 Å². The Kier molecular flexibility index (Phi) is 4.70. The average molecular weight is 348 g/mol. The maximum atomic E-state index is 3.68. The molecule has 0 saturated carbocycles. The van der Waals surface area contributed by atoms with E-state index in [4.69, 9.17) is 0 Å². The van der Waals surface area contributed by atoms with E-state index in [2.05, 4.69) is 89.1 Å². The zero-order chi connectivity index (χ0) is 18.1. The lowest BCUT2D eigenvalue weighted by Gasteiger charge is -2.40. The Labute approximate surface area is 156 Å². The van der Waals surface area contributed by atoms with E-state index in [-0.39, 0.29) is 6.04 Å². The monoisotopic (exact) mass is 348 g/mol. The number of anilines is 1. The summed E-state index contributed by atoms with van der Waals surface area (Å²) in [7, 11) is 1.96. The zero-order valence-corrected chi connectivity index (χ0v) is 15.9. The highest BCUT2D eigenvalue weighted by molar-refractivity contribution is 5.43. The molecule has 136 valence electrons. The van der Waals surface area contributed by atoms with Gasteiger partial charge in [0.15, 0.2) is 0 Å². The molecule has 0 spiro atoms. The number of benzene rings is 2. The molecule has 2 N–H and O–H groups in total. The van der Waals surface area contributed by atoms with Crippen LogP contribution in [-0.4, -0.2) is 36.1 Å². The van der Waals surface area contributed by atoms with E-state index < -0.39 is 0 Å². The molecule has 2 unspecified atom stereocenters. The van der Waals surface area contributed by atoms with Gasteiger partial charge in [-0.15, -0.1) is 0 Å². The van der Waals surface area contributed by atoms with E-state index in [1.807, 2.05) is 7.05 Å². The number of piperazine rings is 1. The Bertz CT molecular complexity index is 779. The van der Waals surface area contributed by atoms with E-state index in [1.54, 1.807) is 0 Å². The minimum Gasteiger partial charge on any atom is -0.388 e. The van der Waals surface area contributed by atoms with Crippen LogP contribution in [0.15, 0.2) is 60.3 Å². The van der Waals surface area contributed by atoms with Crippen LogP contribution in [0.25, 0.3) is 0 Å². The lowest BCUT2D eigenvalue weighted by atomic mass is 10.1. The average Bonchev–Trinajstić information content (AvgIpc) is 3.08. The van der Waals surface area contributed by atoms with Crippen LogP contribution in [0.5, 0.6) is 0 Å². The van der Waals surface area contributed by atoms with Crippen molar-refractivity contribution in [3.63, 3.8) is 0 Å². The Hall–Kier alpha value is -2.30. The maximum Gasteiger partial charge on any atom is 0.0713 e. The summed E-state index contributed by atoms with van der Waals surface area (Å²) >= 11 is 0. The Balaban J connectivity index is 1.46. The molecule has 1 fully saturated rings. The fourth-order valence-electron chi connectivity index (χ4n) is 3.93. The third-order valence-electron chi connectivity index (χ3n) is 5.38. The topological polar surface area (TPSA) is 30.5 Å². The summed E-state index contributed by atoms with van der Waals surface area (Å²) in [5.41, 5.74) is 10.2. The first kappa shape index (κ1) is 17.1. The van der Waals surface area contributed by atoms with Gasteiger partial charge in [-0.05, 0) is 43.2 Å². The van der Waals surface area contributed by atoms with Gasteiger partial charge >= 0.3 is 0 Å². The molecule has 0 aliphatic carbocycles. The van der Waals surface area contributed by atoms with Crippen LogP contribution < -0.4 is 10.7 Å². The van der Waals surface area contributed by atoms with Gasteiger partial charge in [0, 0.05) is 38.1 Å². The summed E-state index contributed by atoms with van der Waals surface area (Å²) in [5, 5.41) is 5.55. The van der Waals surface area contributed by atoms with Crippen molar-refractivity contribution in [3.05, 3.63) is 77.0 Å². The Morgan fingerprint density at radius 2 is 1.81 bits per heavy atom. The molecular weight excluding hydrogens is 320 g/mol. The second kappa shape index (κ2) is 7.14. The predicted octanol–water partition coefficient (Wildman–Crippen LogP) is 3.69. The van der Waals surface area contributed by atoms with Gasteiger partial charge in [-0.3, -0.25) is 4.90 Å². The summed E-state index contributed by atoms with van der Waals surface area (Å²) < 4.78 is 0. The molecule has 2 aliphatic heterocycles. The molecule has 2 aromatic rings. The van der Waals surface area contributed by atoms with Crippen LogP contribution in [0.3, 0.4) is 0 Å². The molecule has 4 rings (SSSR count). The van der Waals surface area contributed by atoms with Crippen LogP contribution in [0.1, 0.15) is 29.7 Å². The second-order valence-electron chi connectivity index (χ2n) is 7.51. The molecule has 0 bridgehead atoms. The van der Waals surface area contributed by atoms with Crippen LogP contribution in [0.2, 0.25) is 0 Å². The Morgan fingerprint density at radius 1 is 1.08 bits per heavy atom. The molecule has 4 heteroatoms. The third kappa shape index (κ3) is 3.48. The van der Waals surface area contributed by atoms with Crippen molar-refractivity contribution in [2.24, 2.45) is 0 Å². The number of hydrogen-bond donors (Lipinski definition) is 2. The number of rotatable bonds is 4. The van der Waals surface area contributed by atoms with Gasteiger partial charge < -0.3 is 10.3 Å². The zero-order valence-electron chi connectivity index (χ0n) is 15.9. The maximum absolute atomic E-state index is 3.68. The SMILES string of the molecule is CNc1ccc(CN2CC3=CC(c4ccc(C)cc4)NN3C(C)C2)cc1. The molecule has 1 saturated heterocycles. The number of hydrogen-bond acceptors (Lipinski definition) is 4. The smallest absolute Gasteiger partial charge is 0.0713 e. The van der Waals surface area contributed by atoms with Crippen molar-refractivity contribution in [1.82, 2.24) is 15.3 Å². The minimum absolute atomic E-state index is 0.280. The number of aryl methyl sites for hydroxylation is 1. The fraction of sp³-hybridized carbons (Fsp3) is 0.364. The first-order valence-corrected chi connectivity index (χ1v) is 9.44. The summed E-state index contributed by atoms with van der Waals surface area (Å²) in [5.74, 6) is 0. The van der Waals surface area contributed by atoms with Gasteiger partial charge in [0.1, 0.15) is 0 Å². The number of fused-ring (bicyclic) bond motifs is 1. The normalized spacial score (nSPS) is 22.9. The quantitative estimate of drug-likeness (QED) is 0.882. The standard InChI is InChI=1S/C22H28N4/c1-16-4-8-19(9-5-16)22-12-21-15-25(13-17(2)26(21)24-22)14-18-6-10-20(23-3)11-7-18/h4-12,17,22-24H,13-15H2,1-3H3. The van der Waals surface area contributed by atoms with Gasteiger partial charge in [-0.25, -0.2) is 5.43 Å². The molecule has 2 atom stereocenters. The lowest BCUT2D eigenvalue weighted by Crippen LogP contribution is -2.52. The van der Waals surface area contributed by atoms with Crippen molar-refractivity contribution in [2.45, 2.75) is 32.5 Å². The van der Waals surface area contributed by atoms with Crippen molar-refractivity contribution in [2.75, 3.05) is 25.5 Å². The fourth-order valence-corrected chi connectivity index (χ4v) is 3.93. The molecule has 2 heterocycles. The summed E-state index contributed by atoms with van der Waals surface area (Å²) in [6, 6.07) is 18.3. The summed E-state index contributed by atoms with van der Waals surface area (Å²) in [4.78, 5) is 2.54.